The van der Waals surface area contributed by atoms with Gasteiger partial charge in [0.25, 0.3) is 0 Å². The number of hydrogen-bond acceptors (Lipinski definition) is 15. The zero-order valence-corrected chi connectivity index (χ0v) is 49.6. The molecule has 21 nitrogen and oxygen atoms in total. The van der Waals surface area contributed by atoms with E-state index in [0.29, 0.717) is 62.7 Å². The van der Waals surface area contributed by atoms with E-state index in [2.05, 4.69) is 33.5 Å². The van der Waals surface area contributed by atoms with Crippen molar-refractivity contribution in [2.75, 3.05) is 31.6 Å². The van der Waals surface area contributed by atoms with Crippen LogP contribution < -0.4 is 38.1 Å². The number of ether oxygens (including phenoxy) is 5. The number of benzene rings is 1. The maximum Gasteiger partial charge on any atom is 0.509 e. The van der Waals surface area contributed by atoms with Crippen LogP contribution in [0.2, 0.25) is 0 Å². The van der Waals surface area contributed by atoms with E-state index in [1.807, 2.05) is 33.8 Å². The van der Waals surface area contributed by atoms with Crippen LogP contribution in [0, 0.1) is 29.1 Å². The molecule has 1 heterocycles. The number of ketones is 2. The van der Waals surface area contributed by atoms with Gasteiger partial charge < -0.3 is 66.8 Å². The minimum Gasteiger partial charge on any atom is -0.429 e. The van der Waals surface area contributed by atoms with Crippen molar-refractivity contribution < 1.29 is 67.1 Å². The number of primary amides is 1. The van der Waals surface area contributed by atoms with Crippen LogP contribution in [0.3, 0.4) is 0 Å². The monoisotopic (exact) mass is 1150 g/mol. The summed E-state index contributed by atoms with van der Waals surface area (Å²) in [7, 11) is 0. The molecular weight excluding hydrogens is 1050 g/mol. The van der Waals surface area contributed by atoms with Crippen LogP contribution in [0.1, 0.15) is 170 Å². The number of aliphatic hydroxyl groups is 1. The number of carbonyl (C=O) groups is 8. The van der Waals surface area contributed by atoms with Crippen LogP contribution >= 0.6 is 0 Å². The minimum atomic E-state index is -1.46. The molecule has 1 aliphatic heterocycles. The number of allylic oxidation sites excluding steroid dienone is 4. The van der Waals surface area contributed by atoms with Crippen LogP contribution in [0.5, 0.6) is 0 Å². The molecule has 2 unspecified atom stereocenters. The standard InChI is InChI=1S/C61H95N7O14/c1-8-11-13-14-19-39(6)78-37-52(72)64-29-16-15-21-47(62)55(73)68-54(38(4)5)57(75)67-48(22-17-30-65-58(63)76)56(74)66-42-26-23-40(24-27-42)35-79-59(77)80-36-50(71)61-51(81-53(82-61)18-10-3)33-46-44-28-25-41(31-43(69)20-12-9-2)32-45(44)49(70)34-60(46,61)7/h12,20,23-24,26-27,31,38-39,44-49,51,53-54,70H,8-11,13-19,21-22,25,28-30,32-37,62H2,1-7H3,(H,64,72)(H,66,74)(H,67,75)(H,68,73)(H3,63,65,76)/b20-12-,41-31-/t39?,44-,45-,46+,47-,48+,49+,51-,53?,54+,60+,61-/m1/s1. The van der Waals surface area contributed by atoms with Gasteiger partial charge in [-0.15, -0.1) is 0 Å². The van der Waals surface area contributed by atoms with Gasteiger partial charge in [0.1, 0.15) is 25.3 Å². The molecule has 0 bridgehead atoms. The topological polar surface area (TPSA) is 315 Å². The van der Waals surface area contributed by atoms with Gasteiger partial charge in [-0.3, -0.25) is 28.8 Å². The Morgan fingerprint density at radius 1 is 0.829 bits per heavy atom. The molecule has 4 aliphatic rings. The summed E-state index contributed by atoms with van der Waals surface area (Å²) in [4.78, 5) is 105. The first-order valence-electron chi connectivity index (χ1n) is 30.1. The van der Waals surface area contributed by atoms with Gasteiger partial charge in [0.15, 0.2) is 24.3 Å². The van der Waals surface area contributed by atoms with Gasteiger partial charge in [0, 0.05) is 24.2 Å². The van der Waals surface area contributed by atoms with Crippen LogP contribution in [0.4, 0.5) is 15.3 Å². The quantitative estimate of drug-likeness (QED) is 0.0199. The Balaban J connectivity index is 1.11. The highest BCUT2D eigenvalue weighted by atomic mass is 16.8. The lowest BCUT2D eigenvalue weighted by Gasteiger charge is -2.55. The average molecular weight is 1150 g/mol. The summed E-state index contributed by atoms with van der Waals surface area (Å²) in [6.45, 7) is 13.2. The first-order valence-corrected chi connectivity index (χ1v) is 30.1. The summed E-state index contributed by atoms with van der Waals surface area (Å²) < 4.78 is 29.7. The molecule has 0 spiro atoms. The van der Waals surface area contributed by atoms with E-state index in [0.717, 1.165) is 50.5 Å². The van der Waals surface area contributed by atoms with Crippen LogP contribution in [0.25, 0.3) is 0 Å². The summed E-state index contributed by atoms with van der Waals surface area (Å²) >= 11 is 0. The zero-order valence-electron chi connectivity index (χ0n) is 49.6. The highest BCUT2D eigenvalue weighted by Crippen LogP contribution is 2.67. The maximum absolute atomic E-state index is 14.6. The maximum atomic E-state index is 14.6. The highest BCUT2D eigenvalue weighted by molar-refractivity contribution is 6.00. The van der Waals surface area contributed by atoms with E-state index in [9.17, 15) is 43.5 Å². The van der Waals surface area contributed by atoms with Crippen molar-refractivity contribution >= 4 is 53.1 Å². The molecule has 82 heavy (non-hydrogen) atoms. The zero-order chi connectivity index (χ0) is 60.0. The summed E-state index contributed by atoms with van der Waals surface area (Å²) in [5.41, 5.74) is 11.1. The predicted octanol–water partition coefficient (Wildman–Crippen LogP) is 6.86. The molecule has 4 fully saturated rings. The second-order valence-electron chi connectivity index (χ2n) is 23.4. The fourth-order valence-corrected chi connectivity index (χ4v) is 12.4. The minimum absolute atomic E-state index is 0.000144. The van der Waals surface area contributed by atoms with Crippen molar-refractivity contribution in [1.29, 1.82) is 0 Å². The number of hydrogen-bond donors (Lipinski definition) is 8. The van der Waals surface area contributed by atoms with Gasteiger partial charge >= 0.3 is 12.2 Å². The van der Waals surface area contributed by atoms with Gasteiger partial charge in [0.05, 0.1) is 24.4 Å². The number of rotatable bonds is 34. The molecule has 1 saturated heterocycles. The molecule has 458 valence electrons. The Kier molecular flexibility index (Phi) is 26.9. The number of nitrogens with one attached hydrogen (secondary N) is 5. The number of anilines is 1. The Morgan fingerprint density at radius 3 is 2.26 bits per heavy atom. The third-order valence-electron chi connectivity index (χ3n) is 16.8. The Bertz CT molecular complexity index is 2370. The smallest absolute Gasteiger partial charge is 0.429 e. The van der Waals surface area contributed by atoms with Gasteiger partial charge in [-0.25, -0.2) is 9.59 Å². The van der Waals surface area contributed by atoms with Crippen molar-refractivity contribution in [2.45, 2.75) is 219 Å². The molecule has 10 N–H and O–H groups in total. The fraction of sp³-hybridized carbons (Fsp3) is 0.705. The number of amides is 6. The van der Waals surface area contributed by atoms with E-state index in [4.69, 9.17) is 35.2 Å². The molecule has 0 aromatic heterocycles. The van der Waals surface area contributed by atoms with E-state index < -0.39 is 95.9 Å². The lowest BCUT2D eigenvalue weighted by atomic mass is 9.52. The van der Waals surface area contributed by atoms with Gasteiger partial charge in [-0.1, -0.05) is 97.4 Å². The fourth-order valence-electron chi connectivity index (χ4n) is 12.4. The van der Waals surface area contributed by atoms with Crippen molar-refractivity contribution in [1.82, 2.24) is 21.3 Å². The molecule has 0 radical (unpaired) electrons. The first-order chi connectivity index (χ1) is 39.1. The summed E-state index contributed by atoms with van der Waals surface area (Å²) in [6, 6.07) is 2.55. The summed E-state index contributed by atoms with van der Waals surface area (Å²) in [5, 5.41) is 25.4. The number of urea groups is 1. The van der Waals surface area contributed by atoms with E-state index in [-0.39, 0.29) is 74.6 Å². The van der Waals surface area contributed by atoms with Crippen molar-refractivity contribution in [3.05, 3.63) is 53.6 Å². The number of aliphatic hydroxyl groups excluding tert-OH is 1. The van der Waals surface area contributed by atoms with E-state index in [1.165, 1.54) is 6.42 Å². The third kappa shape index (κ3) is 18.9. The third-order valence-corrected chi connectivity index (χ3v) is 16.8. The number of fused-ring (bicyclic) bond motifs is 5. The Labute approximate surface area is 484 Å². The molecule has 3 aliphatic carbocycles. The summed E-state index contributed by atoms with van der Waals surface area (Å²) in [5.74, 6) is -2.89. The normalized spacial score (nSPS) is 25.7. The van der Waals surface area contributed by atoms with Crippen LogP contribution in [-0.2, 0) is 59.1 Å². The highest BCUT2D eigenvalue weighted by Gasteiger charge is 2.75. The second kappa shape index (κ2) is 32.9. The molecule has 21 heteroatoms. The molecule has 1 aromatic rings. The van der Waals surface area contributed by atoms with Crippen molar-refractivity contribution in [2.24, 2.45) is 40.6 Å². The average Bonchev–Trinajstić information content (AvgIpc) is 3.19. The van der Waals surface area contributed by atoms with Gasteiger partial charge in [0.2, 0.25) is 29.4 Å². The molecule has 6 amide bonds. The number of nitrogens with two attached hydrogens (primary N) is 2. The second-order valence-corrected chi connectivity index (χ2v) is 23.4. The van der Waals surface area contributed by atoms with E-state index in [1.54, 1.807) is 50.3 Å². The Morgan fingerprint density at radius 2 is 1.56 bits per heavy atom. The number of carbonyl (C=O) groups excluding carboxylic acids is 8. The lowest BCUT2D eigenvalue weighted by Crippen LogP contribution is -2.62. The molecular formula is C61H95N7O14. The molecule has 3 saturated carbocycles. The first kappa shape index (κ1) is 67.1. The SMILES string of the molecule is CC/C=C\C(=O)/C=C1/CC[C@@H]2[C@@H](C1)[C@@H](O)C[C@@]1(C)[C@H]2C[C@H]2OC(CCC)O[C@]21C(=O)COC(=O)OCc1ccc(NC(=O)[C@H](CCCNC(N)=O)NC(=O)[C@@H](NC(=O)[C@H](N)CCCCNC(=O)COC(C)CCCCCC)C(C)C)cc1. The Hall–Kier alpha value is -5.74. The number of Topliss-reactive ketones (excluding diaryl/α,β-unsaturated/α-hetero) is 1. The lowest BCUT2D eigenvalue weighted by molar-refractivity contribution is -0.195. The van der Waals surface area contributed by atoms with Crippen LogP contribution in [-0.4, -0.2) is 127 Å². The van der Waals surface area contributed by atoms with E-state index >= 15 is 0 Å². The molecule has 1 aromatic carbocycles. The van der Waals surface area contributed by atoms with Crippen molar-refractivity contribution in [3.8, 4) is 0 Å². The van der Waals surface area contributed by atoms with Gasteiger partial charge in [-0.05, 0) is 144 Å². The van der Waals surface area contributed by atoms with Crippen molar-refractivity contribution in [3.63, 3.8) is 0 Å². The number of unbranched alkanes of at least 4 members (excludes halogenated alkanes) is 4. The van der Waals surface area contributed by atoms with Crippen LogP contribution in [0.15, 0.2) is 48.1 Å². The predicted molar refractivity (Wildman–Crippen MR) is 308 cm³/mol. The summed E-state index contributed by atoms with van der Waals surface area (Å²) in [6.07, 6.45) is 14.3. The largest absolute Gasteiger partial charge is 0.509 e. The molecule has 5 rings (SSSR count). The molecule has 12 atom stereocenters. The van der Waals surface area contributed by atoms with Gasteiger partial charge in [-0.2, -0.15) is 0 Å².